The molecule has 1 aliphatic rings. The van der Waals surface area contributed by atoms with E-state index in [1.54, 1.807) is 18.2 Å². The van der Waals surface area contributed by atoms with E-state index in [-0.39, 0.29) is 16.1 Å². The summed E-state index contributed by atoms with van der Waals surface area (Å²) in [6, 6.07) is 13.4. The molecule has 1 heterocycles. The van der Waals surface area contributed by atoms with Gasteiger partial charge in [-0.05, 0) is 48.2 Å². The SMILES string of the molecule is CC(C)Cc1ccc(S(=O)(=O)Nc2cc(C(=O)O)ccc2N2CCN(CCC#N)CC2)cc1. The molecular weight excluding hydrogens is 440 g/mol. The minimum atomic E-state index is -3.90. The first-order chi connectivity index (χ1) is 15.7. The molecule has 0 amide bonds. The van der Waals surface area contributed by atoms with Crippen LogP contribution in [0.1, 0.15) is 36.2 Å². The molecule has 1 saturated heterocycles. The summed E-state index contributed by atoms with van der Waals surface area (Å²) in [6.45, 7) is 7.69. The van der Waals surface area contributed by atoms with Gasteiger partial charge in [0.25, 0.3) is 10.0 Å². The van der Waals surface area contributed by atoms with E-state index in [0.717, 1.165) is 25.1 Å². The third kappa shape index (κ3) is 6.46. The van der Waals surface area contributed by atoms with E-state index in [1.807, 2.05) is 17.0 Å². The average Bonchev–Trinajstić information content (AvgIpc) is 2.78. The normalized spacial score (nSPS) is 14.8. The van der Waals surface area contributed by atoms with Crippen LogP contribution in [0.4, 0.5) is 11.4 Å². The van der Waals surface area contributed by atoms with Gasteiger partial charge < -0.3 is 10.0 Å². The first kappa shape index (κ1) is 24.6. The monoisotopic (exact) mass is 470 g/mol. The van der Waals surface area contributed by atoms with Gasteiger partial charge in [0.1, 0.15) is 0 Å². The van der Waals surface area contributed by atoms with Crippen LogP contribution in [0.2, 0.25) is 0 Å². The summed E-state index contributed by atoms with van der Waals surface area (Å²) in [5.41, 5.74) is 1.95. The lowest BCUT2D eigenvalue weighted by molar-refractivity contribution is 0.0697. The minimum absolute atomic E-state index is 0.0105. The fourth-order valence-electron chi connectivity index (χ4n) is 3.93. The third-order valence-corrected chi connectivity index (χ3v) is 7.00. The number of aromatic carboxylic acids is 1. The van der Waals surface area contributed by atoms with E-state index in [9.17, 15) is 18.3 Å². The van der Waals surface area contributed by atoms with Crippen molar-refractivity contribution in [2.24, 2.45) is 5.92 Å². The molecule has 0 aromatic heterocycles. The van der Waals surface area contributed by atoms with E-state index in [1.165, 1.54) is 12.1 Å². The molecule has 0 unspecified atom stereocenters. The van der Waals surface area contributed by atoms with E-state index in [4.69, 9.17) is 5.26 Å². The van der Waals surface area contributed by atoms with Crippen LogP contribution in [0.25, 0.3) is 0 Å². The maximum atomic E-state index is 13.1. The maximum absolute atomic E-state index is 13.1. The Hall–Kier alpha value is -3.09. The van der Waals surface area contributed by atoms with E-state index >= 15 is 0 Å². The summed E-state index contributed by atoms with van der Waals surface area (Å²) in [4.78, 5) is 15.9. The van der Waals surface area contributed by atoms with Crippen LogP contribution in [-0.4, -0.2) is 57.1 Å². The first-order valence-corrected chi connectivity index (χ1v) is 12.5. The molecule has 33 heavy (non-hydrogen) atoms. The highest BCUT2D eigenvalue weighted by atomic mass is 32.2. The van der Waals surface area contributed by atoms with Crippen molar-refractivity contribution < 1.29 is 18.3 Å². The molecule has 1 fully saturated rings. The Labute approximate surface area is 195 Å². The van der Waals surface area contributed by atoms with Crippen LogP contribution in [0.3, 0.4) is 0 Å². The number of carboxylic acid groups (broad SMARTS) is 1. The van der Waals surface area contributed by atoms with Crippen molar-refractivity contribution in [3.8, 4) is 6.07 Å². The van der Waals surface area contributed by atoms with Crippen molar-refractivity contribution >= 4 is 27.4 Å². The summed E-state index contributed by atoms with van der Waals surface area (Å²) < 4.78 is 28.8. The average molecular weight is 471 g/mol. The molecule has 2 N–H and O–H groups in total. The molecule has 8 nitrogen and oxygen atoms in total. The summed E-state index contributed by atoms with van der Waals surface area (Å²) in [5, 5.41) is 18.2. The number of hydrogen-bond donors (Lipinski definition) is 2. The van der Waals surface area contributed by atoms with Crippen molar-refractivity contribution in [1.82, 2.24) is 4.90 Å². The maximum Gasteiger partial charge on any atom is 0.335 e. The second-order valence-electron chi connectivity index (χ2n) is 8.62. The predicted octanol–water partition coefficient (Wildman–Crippen LogP) is 3.42. The highest BCUT2D eigenvalue weighted by molar-refractivity contribution is 7.92. The van der Waals surface area contributed by atoms with Gasteiger partial charge in [-0.1, -0.05) is 26.0 Å². The fraction of sp³-hybridized carbons (Fsp3) is 0.417. The van der Waals surface area contributed by atoms with Gasteiger partial charge >= 0.3 is 5.97 Å². The highest BCUT2D eigenvalue weighted by Gasteiger charge is 2.23. The molecule has 0 radical (unpaired) electrons. The Balaban J connectivity index is 1.84. The van der Waals surface area contributed by atoms with Crippen LogP contribution < -0.4 is 9.62 Å². The number of nitrogens with one attached hydrogen (secondary N) is 1. The number of sulfonamides is 1. The third-order valence-electron chi connectivity index (χ3n) is 5.62. The smallest absolute Gasteiger partial charge is 0.335 e. The number of benzene rings is 2. The molecule has 3 rings (SSSR count). The lowest BCUT2D eigenvalue weighted by Crippen LogP contribution is -2.46. The van der Waals surface area contributed by atoms with Gasteiger partial charge in [-0.15, -0.1) is 0 Å². The minimum Gasteiger partial charge on any atom is -0.478 e. The molecule has 0 atom stereocenters. The van der Waals surface area contributed by atoms with Crippen molar-refractivity contribution in [2.45, 2.75) is 31.6 Å². The van der Waals surface area contributed by atoms with Crippen molar-refractivity contribution in [3.05, 3.63) is 53.6 Å². The number of anilines is 2. The van der Waals surface area contributed by atoms with Gasteiger partial charge in [0, 0.05) is 39.1 Å². The van der Waals surface area contributed by atoms with Crippen LogP contribution in [0, 0.1) is 17.2 Å². The van der Waals surface area contributed by atoms with Gasteiger partial charge in [-0.3, -0.25) is 9.62 Å². The Morgan fingerprint density at radius 1 is 1.12 bits per heavy atom. The fourth-order valence-corrected chi connectivity index (χ4v) is 4.99. The Bertz CT molecular complexity index is 1120. The van der Waals surface area contributed by atoms with Gasteiger partial charge in [0.2, 0.25) is 0 Å². The van der Waals surface area contributed by atoms with Crippen LogP contribution >= 0.6 is 0 Å². The van der Waals surface area contributed by atoms with E-state index < -0.39 is 16.0 Å². The molecular formula is C24H30N4O4S. The Morgan fingerprint density at radius 3 is 2.36 bits per heavy atom. The molecule has 0 aliphatic carbocycles. The number of carboxylic acids is 1. The zero-order valence-electron chi connectivity index (χ0n) is 19.0. The summed E-state index contributed by atoms with van der Waals surface area (Å²) in [7, 11) is -3.90. The molecule has 0 bridgehead atoms. The lowest BCUT2D eigenvalue weighted by atomic mass is 10.0. The molecule has 2 aromatic rings. The summed E-state index contributed by atoms with van der Waals surface area (Å²) >= 11 is 0. The Morgan fingerprint density at radius 2 is 1.79 bits per heavy atom. The van der Waals surface area contributed by atoms with Gasteiger partial charge in [-0.25, -0.2) is 13.2 Å². The van der Waals surface area contributed by atoms with E-state index in [0.29, 0.717) is 37.7 Å². The number of nitrogens with zero attached hydrogens (tertiary/aromatic N) is 3. The van der Waals surface area contributed by atoms with Crippen LogP contribution in [0.5, 0.6) is 0 Å². The number of rotatable bonds is 9. The van der Waals surface area contributed by atoms with Gasteiger partial charge in [-0.2, -0.15) is 5.26 Å². The number of hydrogen-bond acceptors (Lipinski definition) is 6. The van der Waals surface area contributed by atoms with Crippen LogP contribution in [-0.2, 0) is 16.4 Å². The molecule has 0 saturated carbocycles. The van der Waals surface area contributed by atoms with Gasteiger partial charge in [0.05, 0.1) is 27.9 Å². The standard InChI is InChI=1S/C24H30N4O4S/c1-18(2)16-19-4-7-21(8-5-19)33(31,32)26-22-17-20(24(29)30)6-9-23(22)28-14-12-27(13-15-28)11-3-10-25/h4-9,17-18,26H,3,11-16H2,1-2H3,(H,29,30). The summed E-state index contributed by atoms with van der Waals surface area (Å²) in [5.74, 6) is -0.659. The number of piperazine rings is 1. The summed E-state index contributed by atoms with van der Waals surface area (Å²) in [6.07, 6.45) is 1.33. The molecule has 2 aromatic carbocycles. The number of carbonyl (C=O) groups is 1. The molecule has 176 valence electrons. The zero-order chi connectivity index (χ0) is 24.0. The van der Waals surface area contributed by atoms with Gasteiger partial charge in [0.15, 0.2) is 0 Å². The molecule has 0 spiro atoms. The van der Waals surface area contributed by atoms with E-state index in [2.05, 4.69) is 29.5 Å². The molecule has 9 heteroatoms. The number of nitriles is 1. The second kappa shape index (κ2) is 10.7. The van der Waals surface area contributed by atoms with Crippen molar-refractivity contribution in [2.75, 3.05) is 42.3 Å². The first-order valence-electron chi connectivity index (χ1n) is 11.0. The largest absolute Gasteiger partial charge is 0.478 e. The van der Waals surface area contributed by atoms with Crippen LogP contribution in [0.15, 0.2) is 47.4 Å². The quantitative estimate of drug-likeness (QED) is 0.577. The van der Waals surface area contributed by atoms with Crippen molar-refractivity contribution in [3.63, 3.8) is 0 Å². The zero-order valence-corrected chi connectivity index (χ0v) is 19.8. The molecule has 1 aliphatic heterocycles. The lowest BCUT2D eigenvalue weighted by Gasteiger charge is -2.36. The van der Waals surface area contributed by atoms with Crippen molar-refractivity contribution in [1.29, 1.82) is 5.26 Å². The second-order valence-corrected chi connectivity index (χ2v) is 10.3. The predicted molar refractivity (Wildman–Crippen MR) is 128 cm³/mol. The Kier molecular flexibility index (Phi) is 7.95. The highest BCUT2D eigenvalue weighted by Crippen LogP contribution is 2.30. The topological polar surface area (TPSA) is 114 Å².